The molecule has 17 heavy (non-hydrogen) atoms. The number of rotatable bonds is 2. The molecule has 0 radical (unpaired) electrons. The Kier molecular flexibility index (Phi) is 3.11. The molecule has 3 heteroatoms. The van der Waals surface area contributed by atoms with Crippen LogP contribution in [0, 0.1) is 10.8 Å². The van der Waals surface area contributed by atoms with Gasteiger partial charge in [0.1, 0.15) is 0 Å². The van der Waals surface area contributed by atoms with E-state index in [-0.39, 0.29) is 10.8 Å². The Balaban J connectivity index is 2.18. The van der Waals surface area contributed by atoms with Crippen LogP contribution in [0.3, 0.4) is 0 Å². The number of aliphatic hydroxyl groups is 1. The van der Waals surface area contributed by atoms with E-state index in [1.165, 1.54) is 11.3 Å². The number of hydrogen-bond donors (Lipinski definition) is 1. The quantitative estimate of drug-likeness (QED) is 0.872. The van der Waals surface area contributed by atoms with Gasteiger partial charge < -0.3 is 5.11 Å². The summed E-state index contributed by atoms with van der Waals surface area (Å²) in [6, 6.07) is 0. The largest absolute Gasteiger partial charge is 0.389 e. The Morgan fingerprint density at radius 3 is 2.24 bits per heavy atom. The van der Waals surface area contributed by atoms with Crippen molar-refractivity contribution in [1.29, 1.82) is 0 Å². The van der Waals surface area contributed by atoms with Crippen LogP contribution in [-0.2, 0) is 6.42 Å². The van der Waals surface area contributed by atoms with Gasteiger partial charge >= 0.3 is 0 Å². The molecule has 1 heterocycles. The molecule has 0 bridgehead atoms. The second kappa shape index (κ2) is 4.06. The highest BCUT2D eigenvalue weighted by Gasteiger charge is 2.46. The van der Waals surface area contributed by atoms with Gasteiger partial charge in [0.2, 0.25) is 0 Å². The predicted molar refractivity (Wildman–Crippen MR) is 72.2 cm³/mol. The first-order valence-corrected chi connectivity index (χ1v) is 7.18. The van der Waals surface area contributed by atoms with Gasteiger partial charge in [0.05, 0.1) is 11.1 Å². The van der Waals surface area contributed by atoms with Gasteiger partial charge in [0, 0.05) is 17.5 Å². The summed E-state index contributed by atoms with van der Waals surface area (Å²) in [5.41, 5.74) is 1.73. The molecule has 1 N–H and O–H groups in total. The SMILES string of the molecule is CC1(C)CC(C)(C)CC(O)(Cc2cncs2)C1. The van der Waals surface area contributed by atoms with Crippen LogP contribution in [0.1, 0.15) is 51.8 Å². The van der Waals surface area contributed by atoms with Crippen LogP contribution < -0.4 is 0 Å². The summed E-state index contributed by atoms with van der Waals surface area (Å²) >= 11 is 1.64. The van der Waals surface area contributed by atoms with Gasteiger partial charge in [-0.2, -0.15) is 0 Å². The molecule has 0 saturated heterocycles. The fourth-order valence-electron chi connectivity index (χ4n) is 4.04. The molecule has 2 nitrogen and oxygen atoms in total. The smallest absolute Gasteiger partial charge is 0.0794 e. The van der Waals surface area contributed by atoms with Crippen LogP contribution in [0.5, 0.6) is 0 Å². The van der Waals surface area contributed by atoms with Crippen molar-refractivity contribution in [2.75, 3.05) is 0 Å². The molecule has 0 aromatic carbocycles. The van der Waals surface area contributed by atoms with Crippen molar-refractivity contribution in [3.63, 3.8) is 0 Å². The lowest BCUT2D eigenvalue weighted by molar-refractivity contribution is -0.0846. The second-order valence-electron chi connectivity index (χ2n) is 7.23. The highest BCUT2D eigenvalue weighted by Crippen LogP contribution is 2.51. The van der Waals surface area contributed by atoms with Gasteiger partial charge in [-0.25, -0.2) is 0 Å². The Morgan fingerprint density at radius 2 is 1.76 bits per heavy atom. The van der Waals surface area contributed by atoms with Gasteiger partial charge in [0.15, 0.2) is 0 Å². The molecule has 0 spiro atoms. The van der Waals surface area contributed by atoms with E-state index in [1.54, 1.807) is 11.3 Å². The average molecular weight is 253 g/mol. The van der Waals surface area contributed by atoms with E-state index in [2.05, 4.69) is 32.7 Å². The number of thiazole rings is 1. The number of aromatic nitrogens is 1. The Hall–Kier alpha value is -0.410. The normalized spacial score (nSPS) is 25.7. The van der Waals surface area contributed by atoms with Crippen LogP contribution in [0.2, 0.25) is 0 Å². The minimum atomic E-state index is -0.558. The third-order valence-electron chi connectivity index (χ3n) is 3.56. The molecule has 1 saturated carbocycles. The second-order valence-corrected chi connectivity index (χ2v) is 8.20. The van der Waals surface area contributed by atoms with Crippen LogP contribution in [0.25, 0.3) is 0 Å². The van der Waals surface area contributed by atoms with Gasteiger partial charge in [-0.15, -0.1) is 11.3 Å². The Labute approximate surface area is 108 Å². The first-order valence-electron chi connectivity index (χ1n) is 6.30. The van der Waals surface area contributed by atoms with E-state index in [4.69, 9.17) is 0 Å². The molecule has 1 aromatic rings. The molecule has 1 aliphatic rings. The number of hydrogen-bond acceptors (Lipinski definition) is 3. The maximum atomic E-state index is 10.9. The monoisotopic (exact) mass is 253 g/mol. The van der Waals surface area contributed by atoms with Gasteiger partial charge in [0.25, 0.3) is 0 Å². The molecule has 1 aliphatic carbocycles. The molecule has 96 valence electrons. The van der Waals surface area contributed by atoms with E-state index in [0.717, 1.165) is 19.3 Å². The number of nitrogens with zero attached hydrogens (tertiary/aromatic N) is 1. The molecule has 1 aromatic heterocycles. The maximum absolute atomic E-state index is 10.9. The van der Waals surface area contributed by atoms with Crippen molar-refractivity contribution in [2.24, 2.45) is 10.8 Å². The van der Waals surface area contributed by atoms with Crippen LogP contribution in [-0.4, -0.2) is 15.7 Å². The van der Waals surface area contributed by atoms with Crippen LogP contribution in [0.4, 0.5) is 0 Å². The standard InChI is InChI=1S/C14H23NOS/c1-12(2)7-13(3,4)9-14(16,8-12)5-11-6-15-10-17-11/h6,10,16H,5,7-9H2,1-4H3. The lowest BCUT2D eigenvalue weighted by Gasteiger charge is -2.49. The molecule has 1 fully saturated rings. The maximum Gasteiger partial charge on any atom is 0.0794 e. The highest BCUT2D eigenvalue weighted by atomic mass is 32.1. The Bertz CT molecular complexity index is 365. The molecule has 0 amide bonds. The minimum absolute atomic E-state index is 0.223. The van der Waals surface area contributed by atoms with Gasteiger partial charge in [-0.3, -0.25) is 4.98 Å². The summed E-state index contributed by atoms with van der Waals surface area (Å²) in [6.07, 6.45) is 5.61. The highest BCUT2D eigenvalue weighted by molar-refractivity contribution is 7.09. The summed E-state index contributed by atoms with van der Waals surface area (Å²) in [6.45, 7) is 9.08. The fraction of sp³-hybridized carbons (Fsp3) is 0.786. The lowest BCUT2D eigenvalue weighted by atomic mass is 9.59. The zero-order valence-electron chi connectivity index (χ0n) is 11.3. The first kappa shape index (κ1) is 13.0. The summed E-state index contributed by atoms with van der Waals surface area (Å²) in [4.78, 5) is 5.29. The van der Waals surface area contributed by atoms with E-state index >= 15 is 0 Å². The molecule has 0 aliphatic heterocycles. The molecule has 0 atom stereocenters. The van der Waals surface area contributed by atoms with E-state index in [1.807, 2.05) is 11.7 Å². The van der Waals surface area contributed by atoms with Crippen molar-refractivity contribution in [2.45, 2.75) is 59.0 Å². The van der Waals surface area contributed by atoms with Crippen LogP contribution >= 0.6 is 11.3 Å². The predicted octanol–water partition coefficient (Wildman–Crippen LogP) is 3.65. The zero-order chi connectivity index (χ0) is 12.7. The Morgan fingerprint density at radius 1 is 1.18 bits per heavy atom. The van der Waals surface area contributed by atoms with Gasteiger partial charge in [-0.1, -0.05) is 27.7 Å². The third-order valence-corrected chi connectivity index (χ3v) is 4.34. The van der Waals surface area contributed by atoms with E-state index < -0.39 is 5.60 Å². The van der Waals surface area contributed by atoms with Crippen LogP contribution in [0.15, 0.2) is 11.7 Å². The third kappa shape index (κ3) is 3.29. The lowest BCUT2D eigenvalue weighted by Crippen LogP contribution is -2.47. The summed E-state index contributed by atoms with van der Waals surface area (Å²) in [7, 11) is 0. The average Bonchev–Trinajstić information content (AvgIpc) is 2.47. The summed E-state index contributed by atoms with van der Waals surface area (Å²) < 4.78 is 0. The fourth-order valence-corrected chi connectivity index (χ4v) is 4.77. The topological polar surface area (TPSA) is 33.1 Å². The van der Waals surface area contributed by atoms with E-state index in [9.17, 15) is 5.11 Å². The van der Waals surface area contributed by atoms with Crippen molar-refractivity contribution in [3.05, 3.63) is 16.6 Å². The molecule has 2 rings (SSSR count). The minimum Gasteiger partial charge on any atom is -0.389 e. The van der Waals surface area contributed by atoms with Gasteiger partial charge in [-0.05, 0) is 30.1 Å². The van der Waals surface area contributed by atoms with E-state index in [0.29, 0.717) is 0 Å². The molecule has 0 unspecified atom stereocenters. The van der Waals surface area contributed by atoms with Crippen molar-refractivity contribution in [3.8, 4) is 0 Å². The molecular weight excluding hydrogens is 230 g/mol. The molecular formula is C14H23NOS. The summed E-state index contributed by atoms with van der Waals surface area (Å²) in [5.74, 6) is 0. The van der Waals surface area contributed by atoms with Crippen molar-refractivity contribution < 1.29 is 5.11 Å². The van der Waals surface area contributed by atoms with Crippen molar-refractivity contribution in [1.82, 2.24) is 4.98 Å². The zero-order valence-corrected chi connectivity index (χ0v) is 12.1. The van der Waals surface area contributed by atoms with Crippen molar-refractivity contribution >= 4 is 11.3 Å². The first-order chi connectivity index (χ1) is 7.70. The summed E-state index contributed by atoms with van der Waals surface area (Å²) in [5, 5.41) is 10.9.